The van der Waals surface area contributed by atoms with E-state index in [4.69, 9.17) is 9.39 Å². The number of carbonyl (C=O) groups excluding carboxylic acids is 1. The average molecular weight is 295 g/mol. The third-order valence-corrected chi connectivity index (χ3v) is 4.08. The van der Waals surface area contributed by atoms with Gasteiger partial charge in [-0.2, -0.15) is 5.10 Å². The van der Waals surface area contributed by atoms with Crippen LogP contribution in [0.2, 0.25) is 0 Å². The summed E-state index contributed by atoms with van der Waals surface area (Å²) in [6, 6.07) is 0.271. The van der Waals surface area contributed by atoms with E-state index in [0.717, 1.165) is 25.7 Å². The SMILES string of the molecule is COB(O)c1cnn(C)c1COC(=O)N(C)C1CCCC1. The lowest BCUT2D eigenvalue weighted by atomic mass is 9.80. The number of hydrogen-bond donors (Lipinski definition) is 1. The summed E-state index contributed by atoms with van der Waals surface area (Å²) in [5.74, 6) is 0. The summed E-state index contributed by atoms with van der Waals surface area (Å²) in [6.45, 7) is 0.0577. The van der Waals surface area contributed by atoms with Gasteiger partial charge in [0.05, 0.1) is 5.69 Å². The van der Waals surface area contributed by atoms with Crippen molar-refractivity contribution in [3.05, 3.63) is 11.9 Å². The van der Waals surface area contributed by atoms with Gasteiger partial charge in [-0.15, -0.1) is 0 Å². The van der Waals surface area contributed by atoms with E-state index >= 15 is 0 Å². The van der Waals surface area contributed by atoms with E-state index in [1.54, 1.807) is 23.7 Å². The van der Waals surface area contributed by atoms with Gasteiger partial charge < -0.3 is 19.3 Å². The van der Waals surface area contributed by atoms with E-state index in [-0.39, 0.29) is 18.7 Å². The van der Waals surface area contributed by atoms with Crippen LogP contribution in [0.25, 0.3) is 0 Å². The molecule has 116 valence electrons. The van der Waals surface area contributed by atoms with E-state index in [1.807, 2.05) is 0 Å². The molecule has 1 aromatic rings. The second-order valence-corrected chi connectivity index (χ2v) is 5.36. The fourth-order valence-electron chi connectivity index (χ4n) is 2.66. The number of aromatic nitrogens is 2. The van der Waals surface area contributed by atoms with Crippen LogP contribution in [0.4, 0.5) is 4.79 Å². The van der Waals surface area contributed by atoms with Gasteiger partial charge in [-0.25, -0.2) is 4.79 Å². The van der Waals surface area contributed by atoms with Gasteiger partial charge >= 0.3 is 13.2 Å². The fourth-order valence-corrected chi connectivity index (χ4v) is 2.66. The van der Waals surface area contributed by atoms with Crippen molar-refractivity contribution in [3.63, 3.8) is 0 Å². The molecule has 1 saturated carbocycles. The summed E-state index contributed by atoms with van der Waals surface area (Å²) in [5, 5.41) is 13.8. The molecule has 1 aliphatic rings. The van der Waals surface area contributed by atoms with Crippen LogP contribution < -0.4 is 5.46 Å². The Morgan fingerprint density at radius 1 is 1.57 bits per heavy atom. The quantitative estimate of drug-likeness (QED) is 0.789. The maximum absolute atomic E-state index is 12.1. The minimum Gasteiger partial charge on any atom is -0.443 e. The third-order valence-electron chi connectivity index (χ3n) is 4.08. The van der Waals surface area contributed by atoms with Crippen molar-refractivity contribution >= 4 is 18.7 Å². The van der Waals surface area contributed by atoms with Crippen LogP contribution in [0, 0.1) is 0 Å². The van der Waals surface area contributed by atoms with E-state index in [9.17, 15) is 9.82 Å². The van der Waals surface area contributed by atoms with Gasteiger partial charge in [0.15, 0.2) is 0 Å². The molecule has 1 amide bonds. The van der Waals surface area contributed by atoms with E-state index in [0.29, 0.717) is 11.2 Å². The molecule has 0 atom stereocenters. The molecule has 1 fully saturated rings. The molecule has 0 saturated heterocycles. The molecule has 1 N–H and O–H groups in total. The molecule has 1 aliphatic carbocycles. The van der Waals surface area contributed by atoms with Gasteiger partial charge in [-0.05, 0) is 12.8 Å². The predicted octanol–water partition coefficient (Wildman–Crippen LogP) is 0.265. The summed E-state index contributed by atoms with van der Waals surface area (Å²) >= 11 is 0. The number of nitrogens with zero attached hydrogens (tertiary/aromatic N) is 3. The number of ether oxygens (including phenoxy) is 1. The average Bonchev–Trinajstić information content (AvgIpc) is 3.13. The lowest BCUT2D eigenvalue weighted by Crippen LogP contribution is -2.37. The second-order valence-electron chi connectivity index (χ2n) is 5.36. The summed E-state index contributed by atoms with van der Waals surface area (Å²) in [5.41, 5.74) is 1.13. The van der Waals surface area contributed by atoms with Crippen LogP contribution >= 0.6 is 0 Å². The Hall–Kier alpha value is -1.54. The summed E-state index contributed by atoms with van der Waals surface area (Å²) in [6.07, 6.45) is 5.55. The zero-order valence-corrected chi connectivity index (χ0v) is 12.8. The second kappa shape index (κ2) is 6.95. The van der Waals surface area contributed by atoms with E-state index in [1.165, 1.54) is 13.3 Å². The topological polar surface area (TPSA) is 76.8 Å². The van der Waals surface area contributed by atoms with Crippen molar-refractivity contribution in [1.29, 1.82) is 0 Å². The maximum atomic E-state index is 12.1. The predicted molar refractivity (Wildman–Crippen MR) is 78.0 cm³/mol. The molecule has 0 spiro atoms. The minimum absolute atomic E-state index is 0.0577. The van der Waals surface area contributed by atoms with Crippen LogP contribution in [-0.2, 0) is 23.0 Å². The van der Waals surface area contributed by atoms with Crippen LogP contribution in [0.3, 0.4) is 0 Å². The Balaban J connectivity index is 1.96. The molecule has 1 aromatic heterocycles. The molecule has 0 radical (unpaired) electrons. The van der Waals surface area contributed by atoms with E-state index in [2.05, 4.69) is 5.10 Å². The summed E-state index contributed by atoms with van der Waals surface area (Å²) in [7, 11) is 3.84. The van der Waals surface area contributed by atoms with Crippen LogP contribution in [-0.4, -0.2) is 53.1 Å². The molecule has 0 unspecified atom stereocenters. The zero-order chi connectivity index (χ0) is 15.4. The minimum atomic E-state index is -1.07. The largest absolute Gasteiger partial charge is 0.494 e. The van der Waals surface area contributed by atoms with Crippen molar-refractivity contribution in [1.82, 2.24) is 14.7 Å². The first-order chi connectivity index (χ1) is 10.0. The number of hydrogen-bond acceptors (Lipinski definition) is 5. The first kappa shape index (κ1) is 15.8. The van der Waals surface area contributed by atoms with Gasteiger partial charge in [0.2, 0.25) is 0 Å². The molecular weight excluding hydrogens is 273 g/mol. The maximum Gasteiger partial charge on any atom is 0.494 e. The van der Waals surface area contributed by atoms with Gasteiger partial charge in [0, 0.05) is 38.9 Å². The summed E-state index contributed by atoms with van der Waals surface area (Å²) in [4.78, 5) is 13.7. The number of aryl methyl sites for hydroxylation is 1. The highest BCUT2D eigenvalue weighted by atomic mass is 16.6. The molecule has 0 bridgehead atoms. The highest BCUT2D eigenvalue weighted by Gasteiger charge is 2.26. The van der Waals surface area contributed by atoms with Gasteiger partial charge in [-0.1, -0.05) is 12.8 Å². The normalized spacial score (nSPS) is 15.2. The van der Waals surface area contributed by atoms with Crippen LogP contribution in [0.1, 0.15) is 31.4 Å². The van der Waals surface area contributed by atoms with Crippen molar-refractivity contribution in [2.24, 2.45) is 7.05 Å². The molecule has 0 aromatic carbocycles. The zero-order valence-electron chi connectivity index (χ0n) is 12.8. The van der Waals surface area contributed by atoms with Crippen molar-refractivity contribution < 1.29 is 19.2 Å². The Kier molecular flexibility index (Phi) is 5.25. The molecule has 8 heteroatoms. The summed E-state index contributed by atoms with van der Waals surface area (Å²) < 4.78 is 11.8. The smallest absolute Gasteiger partial charge is 0.443 e. The first-order valence-electron chi connectivity index (χ1n) is 7.15. The number of carbonyl (C=O) groups is 1. The van der Waals surface area contributed by atoms with Gasteiger partial charge in [0.1, 0.15) is 6.61 Å². The van der Waals surface area contributed by atoms with Crippen molar-refractivity contribution in [2.75, 3.05) is 14.2 Å². The van der Waals surface area contributed by atoms with Crippen LogP contribution in [0.5, 0.6) is 0 Å². The number of rotatable bonds is 5. The Bertz CT molecular complexity index is 488. The van der Waals surface area contributed by atoms with Crippen molar-refractivity contribution in [3.8, 4) is 0 Å². The van der Waals surface area contributed by atoms with Gasteiger partial charge in [-0.3, -0.25) is 4.68 Å². The Morgan fingerprint density at radius 3 is 2.86 bits per heavy atom. The molecule has 1 heterocycles. The highest BCUT2D eigenvalue weighted by molar-refractivity contribution is 6.60. The monoisotopic (exact) mass is 295 g/mol. The molecule has 0 aliphatic heterocycles. The Morgan fingerprint density at radius 2 is 2.24 bits per heavy atom. The standard InChI is InChI=1S/C13H22BN3O4/c1-16(10-6-4-5-7-10)13(18)21-9-12-11(14(19)20-3)8-15-17(12)2/h8,10,19H,4-7,9H2,1-3H3. The van der Waals surface area contributed by atoms with Crippen molar-refractivity contribution in [2.45, 2.75) is 38.3 Å². The molecular formula is C13H22BN3O4. The molecule has 21 heavy (non-hydrogen) atoms. The number of amides is 1. The first-order valence-corrected chi connectivity index (χ1v) is 7.15. The van der Waals surface area contributed by atoms with Crippen LogP contribution in [0.15, 0.2) is 6.20 Å². The molecule has 2 rings (SSSR count). The third kappa shape index (κ3) is 3.57. The van der Waals surface area contributed by atoms with E-state index < -0.39 is 7.12 Å². The Labute approximate surface area is 125 Å². The highest BCUT2D eigenvalue weighted by Crippen LogP contribution is 2.22. The lowest BCUT2D eigenvalue weighted by molar-refractivity contribution is 0.0899. The molecule has 7 nitrogen and oxygen atoms in total. The lowest BCUT2D eigenvalue weighted by Gasteiger charge is -2.23. The fraction of sp³-hybridized carbons (Fsp3) is 0.692. The van der Waals surface area contributed by atoms with Gasteiger partial charge in [0.25, 0.3) is 0 Å².